The van der Waals surface area contributed by atoms with Gasteiger partial charge in [-0.15, -0.1) is 11.3 Å². The minimum absolute atomic E-state index is 0.0386. The number of hydrogen-bond donors (Lipinski definition) is 2. The van der Waals surface area contributed by atoms with Crippen molar-refractivity contribution in [3.05, 3.63) is 22.3 Å². The molecule has 8 heteroatoms. The van der Waals surface area contributed by atoms with E-state index < -0.39 is 0 Å². The maximum Gasteiger partial charge on any atom is 0.263 e. The molecule has 2 rings (SSSR count). The van der Waals surface area contributed by atoms with Crippen molar-refractivity contribution in [2.45, 2.75) is 26.3 Å². The molecule has 130 valence electrons. The van der Waals surface area contributed by atoms with Crippen molar-refractivity contribution in [3.63, 3.8) is 0 Å². The first-order chi connectivity index (χ1) is 11.6. The van der Waals surface area contributed by atoms with Crippen molar-refractivity contribution in [3.8, 4) is 6.07 Å². The highest BCUT2D eigenvalue weighted by molar-refractivity contribution is 7.15. The number of thiazole rings is 1. The molecule has 0 radical (unpaired) electrons. The molecule has 0 fully saturated rings. The molecule has 24 heavy (non-hydrogen) atoms. The van der Waals surface area contributed by atoms with Crippen LogP contribution in [0.25, 0.3) is 0 Å². The largest absolute Gasteiger partial charge is 0.382 e. The van der Waals surface area contributed by atoms with Crippen molar-refractivity contribution in [2.75, 3.05) is 38.7 Å². The number of amides is 1. The van der Waals surface area contributed by atoms with E-state index >= 15 is 0 Å². The second-order valence-corrected chi connectivity index (χ2v) is 6.58. The number of ether oxygens (including phenoxy) is 1. The monoisotopic (exact) mass is 349 g/mol. The Bertz CT molecular complexity index is 635. The van der Waals surface area contributed by atoms with Gasteiger partial charge in [0.05, 0.1) is 5.69 Å². The van der Waals surface area contributed by atoms with Crippen LogP contribution >= 0.6 is 11.3 Å². The zero-order valence-electron chi connectivity index (χ0n) is 14.1. The summed E-state index contributed by atoms with van der Waals surface area (Å²) in [5, 5.41) is 15.5. The Kier molecular flexibility index (Phi) is 7.18. The van der Waals surface area contributed by atoms with Gasteiger partial charge in [0, 0.05) is 50.3 Å². The molecule has 2 heterocycles. The van der Waals surface area contributed by atoms with Gasteiger partial charge in [-0.05, 0) is 20.4 Å². The zero-order valence-corrected chi connectivity index (χ0v) is 14.9. The number of nitriles is 1. The van der Waals surface area contributed by atoms with Crippen LogP contribution in [0.1, 0.15) is 23.9 Å². The first kappa shape index (κ1) is 18.4. The molecule has 0 saturated carbocycles. The van der Waals surface area contributed by atoms with E-state index in [1.807, 2.05) is 13.0 Å². The first-order valence-corrected chi connectivity index (χ1v) is 8.85. The molecule has 0 atom stereocenters. The highest BCUT2D eigenvalue weighted by atomic mass is 32.1. The lowest BCUT2D eigenvalue weighted by molar-refractivity contribution is -0.117. The molecule has 2 N–H and O–H groups in total. The number of rotatable bonds is 8. The Morgan fingerprint density at radius 2 is 2.42 bits per heavy atom. The summed E-state index contributed by atoms with van der Waals surface area (Å²) in [6.07, 6.45) is 3.07. The Morgan fingerprint density at radius 1 is 1.58 bits per heavy atom. The molecule has 1 aromatic heterocycles. The van der Waals surface area contributed by atoms with Crippen LogP contribution in [0.4, 0.5) is 5.13 Å². The van der Waals surface area contributed by atoms with Crippen molar-refractivity contribution >= 4 is 22.4 Å². The summed E-state index contributed by atoms with van der Waals surface area (Å²) in [6.45, 7) is 5.56. The maximum absolute atomic E-state index is 12.0. The van der Waals surface area contributed by atoms with Gasteiger partial charge in [0.25, 0.3) is 5.91 Å². The number of hydrogen-bond acceptors (Lipinski definition) is 7. The van der Waals surface area contributed by atoms with E-state index in [1.165, 1.54) is 11.1 Å². The second kappa shape index (κ2) is 9.37. The first-order valence-electron chi connectivity index (χ1n) is 8.04. The summed E-state index contributed by atoms with van der Waals surface area (Å²) in [7, 11) is 2.08. The summed E-state index contributed by atoms with van der Waals surface area (Å²) >= 11 is 1.56. The number of likely N-dealkylation sites (N-methyl/N-ethyl adjacent to an activating group) is 1. The lowest BCUT2D eigenvalue weighted by atomic mass is 10.2. The number of carbonyl (C=O) groups is 1. The van der Waals surface area contributed by atoms with E-state index in [0.717, 1.165) is 31.6 Å². The molecule has 0 bridgehead atoms. The lowest BCUT2D eigenvalue weighted by Gasteiger charge is -2.20. The lowest BCUT2D eigenvalue weighted by Crippen LogP contribution is -2.26. The van der Waals surface area contributed by atoms with Crippen LogP contribution in [0.3, 0.4) is 0 Å². The number of aromatic nitrogens is 1. The van der Waals surface area contributed by atoms with Crippen LogP contribution in [-0.4, -0.2) is 49.1 Å². The summed E-state index contributed by atoms with van der Waals surface area (Å²) in [6, 6.07) is 1.92. The predicted molar refractivity (Wildman–Crippen MR) is 93.6 cm³/mol. The predicted octanol–water partition coefficient (Wildman–Crippen LogP) is 1.49. The van der Waals surface area contributed by atoms with Crippen molar-refractivity contribution in [1.29, 1.82) is 5.26 Å². The van der Waals surface area contributed by atoms with Gasteiger partial charge in [0.1, 0.15) is 11.6 Å². The fourth-order valence-corrected chi connectivity index (χ4v) is 3.34. The topological polar surface area (TPSA) is 90.3 Å². The Labute approximate surface area is 146 Å². The summed E-state index contributed by atoms with van der Waals surface area (Å²) < 4.78 is 5.20. The molecule has 0 aromatic carbocycles. The highest BCUT2D eigenvalue weighted by Gasteiger charge is 2.18. The average molecular weight is 349 g/mol. The fourth-order valence-electron chi connectivity index (χ4n) is 2.28. The van der Waals surface area contributed by atoms with E-state index in [0.29, 0.717) is 24.9 Å². The smallest absolute Gasteiger partial charge is 0.263 e. The molecule has 0 aliphatic carbocycles. The SMILES string of the molecule is CCOCCCNC(=O)/C(C#N)=C\Nc1nc2c(s1)CN(C)CC2. The van der Waals surface area contributed by atoms with Crippen molar-refractivity contribution in [1.82, 2.24) is 15.2 Å². The molecule has 0 saturated heterocycles. The van der Waals surface area contributed by atoms with E-state index in [4.69, 9.17) is 10.00 Å². The number of anilines is 1. The third-order valence-corrected chi connectivity index (χ3v) is 4.60. The highest BCUT2D eigenvalue weighted by Crippen LogP contribution is 2.27. The fraction of sp³-hybridized carbons (Fsp3) is 0.562. The summed E-state index contributed by atoms with van der Waals surface area (Å²) in [5.74, 6) is -0.387. The van der Waals surface area contributed by atoms with Gasteiger partial charge in [-0.3, -0.25) is 4.79 Å². The normalized spacial score (nSPS) is 14.8. The van der Waals surface area contributed by atoms with Crippen molar-refractivity contribution < 1.29 is 9.53 Å². The molecular formula is C16H23N5O2S. The molecule has 1 aliphatic heterocycles. The zero-order chi connectivity index (χ0) is 17.4. The Balaban J connectivity index is 1.87. The number of nitrogens with zero attached hydrogens (tertiary/aromatic N) is 3. The van der Waals surface area contributed by atoms with Crippen molar-refractivity contribution in [2.24, 2.45) is 0 Å². The molecular weight excluding hydrogens is 326 g/mol. The second-order valence-electron chi connectivity index (χ2n) is 5.50. The molecule has 0 spiro atoms. The minimum Gasteiger partial charge on any atom is -0.382 e. The third-order valence-electron chi connectivity index (χ3n) is 3.58. The van der Waals surface area contributed by atoms with Crippen LogP contribution in [0, 0.1) is 11.3 Å². The van der Waals surface area contributed by atoms with E-state index in [-0.39, 0.29) is 11.5 Å². The van der Waals surface area contributed by atoms with Crippen LogP contribution < -0.4 is 10.6 Å². The molecule has 0 unspecified atom stereocenters. The van der Waals surface area contributed by atoms with Gasteiger partial charge in [0.15, 0.2) is 5.13 Å². The van der Waals surface area contributed by atoms with Gasteiger partial charge < -0.3 is 20.3 Å². The van der Waals surface area contributed by atoms with E-state index in [1.54, 1.807) is 11.3 Å². The van der Waals surface area contributed by atoms with E-state index in [9.17, 15) is 4.79 Å². The molecule has 1 aromatic rings. The average Bonchev–Trinajstić information content (AvgIpc) is 2.97. The molecule has 1 amide bonds. The number of nitrogens with one attached hydrogen (secondary N) is 2. The van der Waals surface area contributed by atoms with Gasteiger partial charge in [-0.1, -0.05) is 0 Å². The Morgan fingerprint density at radius 3 is 3.17 bits per heavy atom. The number of fused-ring (bicyclic) bond motifs is 1. The van der Waals surface area contributed by atoms with Gasteiger partial charge in [-0.25, -0.2) is 4.98 Å². The number of carbonyl (C=O) groups excluding carboxylic acids is 1. The van der Waals surface area contributed by atoms with Gasteiger partial charge >= 0.3 is 0 Å². The standard InChI is InChI=1S/C16H23N5O2S/c1-3-23-8-4-6-18-15(22)12(9-17)10-19-16-20-13-5-7-21(2)11-14(13)24-16/h10H,3-8,11H2,1-2H3,(H,18,22)(H,19,20)/b12-10-. The molecule has 1 aliphatic rings. The van der Waals surface area contributed by atoms with Crippen LogP contribution in [0.15, 0.2) is 11.8 Å². The van der Waals surface area contributed by atoms with Gasteiger partial charge in [0.2, 0.25) is 0 Å². The quantitative estimate of drug-likeness (QED) is 0.420. The maximum atomic E-state index is 12.0. The van der Waals surface area contributed by atoms with Gasteiger partial charge in [-0.2, -0.15) is 5.26 Å². The summed E-state index contributed by atoms with van der Waals surface area (Å²) in [5.41, 5.74) is 1.14. The van der Waals surface area contributed by atoms with E-state index in [2.05, 4.69) is 27.6 Å². The molecule has 7 nitrogen and oxygen atoms in total. The Hall–Kier alpha value is -1.95. The minimum atomic E-state index is -0.387. The van der Waals surface area contributed by atoms with Crippen LogP contribution in [0.5, 0.6) is 0 Å². The van der Waals surface area contributed by atoms with Crippen LogP contribution in [0.2, 0.25) is 0 Å². The summed E-state index contributed by atoms with van der Waals surface area (Å²) in [4.78, 5) is 20.0. The third kappa shape index (κ3) is 5.30. The van der Waals surface area contributed by atoms with Crippen LogP contribution in [-0.2, 0) is 22.5 Å².